The molecule has 3 heterocycles. The van der Waals surface area contributed by atoms with Crippen molar-refractivity contribution < 1.29 is 9.53 Å². The summed E-state index contributed by atoms with van der Waals surface area (Å²) in [5.41, 5.74) is 9.83. The summed E-state index contributed by atoms with van der Waals surface area (Å²) in [7, 11) is 1.65. The summed E-state index contributed by atoms with van der Waals surface area (Å²) in [6, 6.07) is 11.3. The molecule has 0 radical (unpaired) electrons. The SMILES string of the molecule is COCc1ccc(NC(=O)Cn2cc(-c3ccn4nc(N)nc4c3)cn2)cc1. The van der Waals surface area contributed by atoms with Crippen LogP contribution in [0.15, 0.2) is 55.0 Å². The Hall–Kier alpha value is -3.72. The number of methoxy groups -OCH3 is 1. The predicted molar refractivity (Wildman–Crippen MR) is 104 cm³/mol. The van der Waals surface area contributed by atoms with Crippen LogP contribution in [0.5, 0.6) is 0 Å². The Bertz CT molecular complexity index is 1110. The zero-order valence-corrected chi connectivity index (χ0v) is 15.2. The fraction of sp³-hybridized carbons (Fsp3) is 0.158. The lowest BCUT2D eigenvalue weighted by Crippen LogP contribution is -2.18. The van der Waals surface area contributed by atoms with E-state index in [9.17, 15) is 4.79 Å². The van der Waals surface area contributed by atoms with Crippen LogP contribution < -0.4 is 11.1 Å². The summed E-state index contributed by atoms with van der Waals surface area (Å²) < 4.78 is 8.27. The minimum absolute atomic E-state index is 0.111. The number of benzene rings is 1. The topological polar surface area (TPSA) is 112 Å². The molecule has 0 spiro atoms. The van der Waals surface area contributed by atoms with Crippen LogP contribution in [0, 0.1) is 0 Å². The highest BCUT2D eigenvalue weighted by atomic mass is 16.5. The Balaban J connectivity index is 1.42. The van der Waals surface area contributed by atoms with Gasteiger partial charge >= 0.3 is 0 Å². The first-order valence-corrected chi connectivity index (χ1v) is 8.63. The lowest BCUT2D eigenvalue weighted by Gasteiger charge is -2.06. The van der Waals surface area contributed by atoms with Gasteiger partial charge < -0.3 is 15.8 Å². The highest BCUT2D eigenvalue weighted by molar-refractivity contribution is 5.90. The van der Waals surface area contributed by atoms with Crippen LogP contribution in [-0.4, -0.2) is 37.4 Å². The Morgan fingerprint density at radius 2 is 2.04 bits per heavy atom. The number of hydrogen-bond acceptors (Lipinski definition) is 6. The van der Waals surface area contributed by atoms with E-state index in [2.05, 4.69) is 20.5 Å². The Kier molecular flexibility index (Phi) is 4.73. The maximum absolute atomic E-state index is 12.3. The number of hydrogen-bond donors (Lipinski definition) is 2. The number of pyridine rings is 1. The third-order valence-electron chi connectivity index (χ3n) is 4.17. The average Bonchev–Trinajstić information content (AvgIpc) is 3.28. The van der Waals surface area contributed by atoms with Crippen molar-refractivity contribution >= 4 is 23.2 Å². The van der Waals surface area contributed by atoms with Crippen LogP contribution in [-0.2, 0) is 22.7 Å². The highest BCUT2D eigenvalue weighted by Gasteiger charge is 2.09. The first kappa shape index (κ1) is 17.7. The van der Waals surface area contributed by atoms with Crippen LogP contribution in [0.1, 0.15) is 5.56 Å². The van der Waals surface area contributed by atoms with Crippen molar-refractivity contribution in [3.63, 3.8) is 0 Å². The van der Waals surface area contributed by atoms with Gasteiger partial charge in [-0.05, 0) is 35.4 Å². The van der Waals surface area contributed by atoms with Gasteiger partial charge in [0.2, 0.25) is 11.9 Å². The van der Waals surface area contributed by atoms with Crippen molar-refractivity contribution in [3.8, 4) is 11.1 Å². The molecule has 9 heteroatoms. The third-order valence-corrected chi connectivity index (χ3v) is 4.17. The molecule has 0 bridgehead atoms. The Morgan fingerprint density at radius 1 is 1.21 bits per heavy atom. The number of rotatable bonds is 6. The van der Waals surface area contributed by atoms with E-state index in [0.717, 1.165) is 22.4 Å². The van der Waals surface area contributed by atoms with E-state index in [4.69, 9.17) is 10.5 Å². The number of carbonyl (C=O) groups excluding carboxylic acids is 1. The van der Waals surface area contributed by atoms with E-state index in [1.165, 1.54) is 0 Å². The number of nitrogens with zero attached hydrogens (tertiary/aromatic N) is 5. The zero-order valence-electron chi connectivity index (χ0n) is 15.2. The second-order valence-electron chi connectivity index (χ2n) is 6.29. The molecule has 9 nitrogen and oxygen atoms in total. The number of amides is 1. The number of nitrogens with one attached hydrogen (secondary N) is 1. The van der Waals surface area contributed by atoms with Crippen molar-refractivity contribution in [3.05, 3.63) is 60.6 Å². The number of carbonyl (C=O) groups is 1. The fourth-order valence-corrected chi connectivity index (χ4v) is 2.88. The summed E-state index contributed by atoms with van der Waals surface area (Å²) in [5, 5.41) is 11.2. The molecule has 3 N–H and O–H groups in total. The number of nitrogen functional groups attached to an aromatic ring is 1. The van der Waals surface area contributed by atoms with Gasteiger partial charge in [-0.3, -0.25) is 9.48 Å². The quantitative estimate of drug-likeness (QED) is 0.531. The zero-order chi connectivity index (χ0) is 19.5. The minimum Gasteiger partial charge on any atom is -0.380 e. The fourth-order valence-electron chi connectivity index (χ4n) is 2.88. The number of fused-ring (bicyclic) bond motifs is 1. The number of aromatic nitrogens is 5. The van der Waals surface area contributed by atoms with Gasteiger partial charge in [-0.2, -0.15) is 10.1 Å². The van der Waals surface area contributed by atoms with Crippen LogP contribution in [0.3, 0.4) is 0 Å². The molecule has 0 saturated heterocycles. The second kappa shape index (κ2) is 7.49. The molecule has 142 valence electrons. The van der Waals surface area contributed by atoms with Crippen LogP contribution in [0.4, 0.5) is 11.6 Å². The van der Waals surface area contributed by atoms with Gasteiger partial charge in [-0.15, -0.1) is 5.10 Å². The van der Waals surface area contributed by atoms with E-state index in [-0.39, 0.29) is 18.4 Å². The lowest BCUT2D eigenvalue weighted by atomic mass is 10.1. The van der Waals surface area contributed by atoms with Crippen molar-refractivity contribution in [2.45, 2.75) is 13.2 Å². The molecular formula is C19H19N7O2. The minimum atomic E-state index is -0.158. The summed E-state index contributed by atoms with van der Waals surface area (Å²) in [4.78, 5) is 16.4. The van der Waals surface area contributed by atoms with Crippen molar-refractivity contribution in [2.75, 3.05) is 18.2 Å². The molecule has 0 aliphatic heterocycles. The van der Waals surface area contributed by atoms with E-state index in [1.807, 2.05) is 42.6 Å². The van der Waals surface area contributed by atoms with Gasteiger partial charge in [-0.1, -0.05) is 12.1 Å². The lowest BCUT2D eigenvalue weighted by molar-refractivity contribution is -0.116. The molecule has 0 unspecified atom stereocenters. The van der Waals surface area contributed by atoms with Crippen molar-refractivity contribution in [1.82, 2.24) is 24.4 Å². The van der Waals surface area contributed by atoms with Gasteiger partial charge in [0.1, 0.15) is 6.54 Å². The molecule has 1 aromatic carbocycles. The van der Waals surface area contributed by atoms with E-state index in [0.29, 0.717) is 12.3 Å². The maximum Gasteiger partial charge on any atom is 0.246 e. The Morgan fingerprint density at radius 3 is 2.82 bits per heavy atom. The first-order valence-electron chi connectivity index (χ1n) is 8.63. The Labute approximate surface area is 160 Å². The van der Waals surface area contributed by atoms with Crippen LogP contribution in [0.2, 0.25) is 0 Å². The average molecular weight is 377 g/mol. The molecule has 1 amide bonds. The highest BCUT2D eigenvalue weighted by Crippen LogP contribution is 2.20. The number of ether oxygens (including phenoxy) is 1. The molecule has 3 aromatic heterocycles. The van der Waals surface area contributed by atoms with Crippen LogP contribution in [0.25, 0.3) is 16.8 Å². The molecule has 4 rings (SSSR count). The summed E-state index contributed by atoms with van der Waals surface area (Å²) in [5.74, 6) is 0.0644. The van der Waals surface area contributed by atoms with E-state index < -0.39 is 0 Å². The summed E-state index contributed by atoms with van der Waals surface area (Å²) in [6.45, 7) is 0.650. The van der Waals surface area contributed by atoms with Gasteiger partial charge in [0.15, 0.2) is 5.65 Å². The molecule has 28 heavy (non-hydrogen) atoms. The van der Waals surface area contributed by atoms with Crippen LogP contribution >= 0.6 is 0 Å². The van der Waals surface area contributed by atoms with Gasteiger partial charge in [-0.25, -0.2) is 4.52 Å². The molecular weight excluding hydrogens is 358 g/mol. The van der Waals surface area contributed by atoms with Crippen molar-refractivity contribution in [2.24, 2.45) is 0 Å². The second-order valence-corrected chi connectivity index (χ2v) is 6.29. The van der Waals surface area contributed by atoms with Gasteiger partial charge in [0.25, 0.3) is 0 Å². The molecule has 4 aromatic rings. The summed E-state index contributed by atoms with van der Waals surface area (Å²) >= 11 is 0. The van der Waals surface area contributed by atoms with E-state index >= 15 is 0 Å². The summed E-state index contributed by atoms with van der Waals surface area (Å²) in [6.07, 6.45) is 5.30. The maximum atomic E-state index is 12.3. The molecule has 0 fully saturated rings. The smallest absolute Gasteiger partial charge is 0.246 e. The molecule has 0 aliphatic carbocycles. The number of nitrogens with two attached hydrogens (primary N) is 1. The van der Waals surface area contributed by atoms with E-state index in [1.54, 1.807) is 28.7 Å². The third kappa shape index (κ3) is 3.84. The largest absolute Gasteiger partial charge is 0.380 e. The van der Waals surface area contributed by atoms with Gasteiger partial charge in [0.05, 0.1) is 12.8 Å². The van der Waals surface area contributed by atoms with Crippen molar-refractivity contribution in [1.29, 1.82) is 0 Å². The first-order chi connectivity index (χ1) is 13.6. The van der Waals surface area contributed by atoms with Gasteiger partial charge in [0, 0.05) is 30.8 Å². The predicted octanol–water partition coefficient (Wildman–Crippen LogP) is 1.96. The molecule has 0 saturated carbocycles. The molecule has 0 atom stereocenters. The number of anilines is 2. The monoisotopic (exact) mass is 377 g/mol. The normalized spacial score (nSPS) is 11.0. The molecule has 0 aliphatic rings. The standard InChI is InChI=1S/C19H19N7O2/c1-28-12-13-2-4-16(5-3-13)22-18(27)11-25-10-15(9-21-25)14-6-7-26-17(8-14)23-19(20)24-26/h2-10H,11-12H2,1H3,(H2,20,24)(H,22,27).